The highest BCUT2D eigenvalue weighted by Gasteiger charge is 2.55. The summed E-state index contributed by atoms with van der Waals surface area (Å²) in [4.78, 5) is 71.4. The number of piperidine rings is 1. The number of Topliss-reactive ketones (excluding diaryl/α,β-unsaturated/α-hetero) is 3. The third kappa shape index (κ3) is 14.3. The van der Waals surface area contributed by atoms with Gasteiger partial charge in [0, 0.05) is 58.5 Å². The molecule has 0 radical (unpaired) electrons. The summed E-state index contributed by atoms with van der Waals surface area (Å²) in [6.07, 6.45) is 10.3. The maximum atomic E-state index is 17.1. The summed E-state index contributed by atoms with van der Waals surface area (Å²) in [6.45, 7) is 12.5. The van der Waals surface area contributed by atoms with Crippen molar-refractivity contribution < 1.29 is 62.3 Å². The predicted octanol–water partition coefficient (Wildman–Crippen LogP) is 7.16. The third-order valence-electron chi connectivity index (χ3n) is 14.4. The summed E-state index contributed by atoms with van der Waals surface area (Å²) in [5.41, 5.74) is 1.22. The number of cyclic esters (lactones) is 1. The van der Waals surface area contributed by atoms with E-state index in [9.17, 15) is 34.2 Å². The van der Waals surface area contributed by atoms with Crippen LogP contribution in [0.15, 0.2) is 47.6 Å². The first-order valence-corrected chi connectivity index (χ1v) is 23.9. The Labute approximate surface area is 386 Å². The van der Waals surface area contributed by atoms with E-state index in [-0.39, 0.29) is 67.7 Å². The molecule has 65 heavy (non-hydrogen) atoms. The normalized spacial score (nSPS) is 40.4. The molecule has 0 spiro atoms. The Morgan fingerprint density at radius 1 is 0.862 bits per heavy atom. The van der Waals surface area contributed by atoms with Gasteiger partial charge in [0.25, 0.3) is 17.5 Å². The minimum atomic E-state index is -2.93. The van der Waals surface area contributed by atoms with Gasteiger partial charge < -0.3 is 38.8 Å². The largest absolute Gasteiger partial charge is 0.460 e. The highest BCUT2D eigenvalue weighted by Crippen LogP contribution is 2.40. The predicted molar refractivity (Wildman–Crippen MR) is 244 cm³/mol. The third-order valence-corrected chi connectivity index (χ3v) is 14.4. The van der Waals surface area contributed by atoms with Crippen LogP contribution in [0.3, 0.4) is 0 Å². The Bertz CT molecular complexity index is 1760. The van der Waals surface area contributed by atoms with Gasteiger partial charge in [-0.05, 0) is 107 Å². The van der Waals surface area contributed by atoms with Crippen LogP contribution in [0.25, 0.3) is 0 Å². The molecule has 1 unspecified atom stereocenters. The number of nitrogens with zero attached hydrogens (tertiary/aromatic N) is 1. The van der Waals surface area contributed by atoms with Gasteiger partial charge in [-0.3, -0.25) is 19.2 Å². The minimum absolute atomic E-state index is 0.00748. The van der Waals surface area contributed by atoms with Crippen LogP contribution in [0.5, 0.6) is 0 Å². The van der Waals surface area contributed by atoms with Crippen LogP contribution in [-0.4, -0.2) is 127 Å². The number of methoxy groups -OCH3 is 3. The van der Waals surface area contributed by atoms with Gasteiger partial charge in [-0.1, -0.05) is 71.1 Å². The van der Waals surface area contributed by atoms with Crippen molar-refractivity contribution in [2.24, 2.45) is 35.5 Å². The van der Waals surface area contributed by atoms with Crippen LogP contribution < -0.4 is 0 Å². The fraction of sp³-hybridized carbons (Fsp3) is 0.745. The number of halogens is 1. The zero-order valence-corrected chi connectivity index (χ0v) is 40.5. The molecule has 1 saturated carbocycles. The van der Waals surface area contributed by atoms with Crippen molar-refractivity contribution in [2.45, 2.75) is 180 Å². The summed E-state index contributed by atoms with van der Waals surface area (Å²) in [7, 11) is 4.47. The Balaban J connectivity index is 1.70. The van der Waals surface area contributed by atoms with Gasteiger partial charge in [-0.2, -0.15) is 0 Å². The van der Waals surface area contributed by atoms with Gasteiger partial charge in [-0.15, -0.1) is 0 Å². The van der Waals surface area contributed by atoms with Gasteiger partial charge in [0.05, 0.1) is 24.4 Å². The number of amides is 1. The Kier molecular flexibility index (Phi) is 20.9. The zero-order chi connectivity index (χ0) is 48.2. The molecule has 15 atom stereocenters. The fourth-order valence-electron chi connectivity index (χ4n) is 10.1. The van der Waals surface area contributed by atoms with Crippen LogP contribution in [0, 0.1) is 35.5 Å². The number of allylic oxidation sites excluding steroid dienone is 6. The number of ketones is 3. The Morgan fingerprint density at radius 3 is 2.26 bits per heavy atom. The monoisotopic (exact) mass is 916 g/mol. The van der Waals surface area contributed by atoms with Crippen LogP contribution in [0.4, 0.5) is 4.39 Å². The molecule has 13 nitrogen and oxygen atoms in total. The molecule has 2 saturated heterocycles. The maximum absolute atomic E-state index is 17.1. The van der Waals surface area contributed by atoms with E-state index in [1.54, 1.807) is 48.0 Å². The molecular formula is C51H78FNO12. The molecule has 366 valence electrons. The van der Waals surface area contributed by atoms with Gasteiger partial charge in [-0.25, -0.2) is 9.18 Å². The summed E-state index contributed by atoms with van der Waals surface area (Å²) >= 11 is 0. The summed E-state index contributed by atoms with van der Waals surface area (Å²) < 4.78 is 46.1. The second kappa shape index (κ2) is 25.1. The smallest absolute Gasteiger partial charge is 0.329 e. The van der Waals surface area contributed by atoms with Crippen LogP contribution in [0.1, 0.15) is 126 Å². The Hall–Kier alpha value is -3.40. The van der Waals surface area contributed by atoms with Gasteiger partial charge in [0.1, 0.15) is 30.1 Å². The van der Waals surface area contributed by atoms with Crippen molar-refractivity contribution in [1.82, 2.24) is 4.90 Å². The Morgan fingerprint density at radius 2 is 1.58 bits per heavy atom. The molecule has 2 N–H and O–H groups in total. The second-order valence-corrected chi connectivity index (χ2v) is 19.5. The van der Waals surface area contributed by atoms with Crippen molar-refractivity contribution in [1.29, 1.82) is 0 Å². The lowest BCUT2D eigenvalue weighted by atomic mass is 9.78. The molecular weight excluding hydrogens is 838 g/mol. The zero-order valence-electron chi connectivity index (χ0n) is 40.5. The SMILES string of the molecule is COC1C(=O)[C@H](C)C[C@H](C)/C=C/C=C/C=C(\C)[C@@H](OC)C[C@@H]2CC[C@@H](C)[C@@](F)(O2)C(=O)C(=O)N2CCCC[C@H]2C(=O)O[C@H]([C@H](C)C[C@@H]2CC[C@@H](O)[C@H](OC)C2)CC(=O)[C@H](C)/C=C(\C)[C@H]1O. The molecule has 0 aromatic carbocycles. The van der Waals surface area contributed by atoms with Gasteiger partial charge in [0.15, 0.2) is 5.78 Å². The van der Waals surface area contributed by atoms with Crippen LogP contribution >= 0.6 is 0 Å². The molecule has 4 aliphatic rings. The lowest BCUT2D eigenvalue weighted by Crippen LogP contribution is -2.59. The second-order valence-electron chi connectivity index (χ2n) is 19.5. The minimum Gasteiger partial charge on any atom is -0.460 e. The number of hydrogen-bond donors (Lipinski definition) is 2. The van der Waals surface area contributed by atoms with E-state index >= 15 is 4.39 Å². The van der Waals surface area contributed by atoms with Crippen molar-refractivity contribution in [3.63, 3.8) is 0 Å². The van der Waals surface area contributed by atoms with Crippen molar-refractivity contribution in [3.05, 3.63) is 47.6 Å². The summed E-state index contributed by atoms with van der Waals surface area (Å²) in [5, 5.41) is 21.9. The van der Waals surface area contributed by atoms with Crippen molar-refractivity contribution in [3.8, 4) is 0 Å². The molecule has 2 bridgehead atoms. The first-order chi connectivity index (χ1) is 30.7. The van der Waals surface area contributed by atoms with E-state index in [2.05, 4.69) is 0 Å². The van der Waals surface area contributed by atoms with Gasteiger partial charge in [0.2, 0.25) is 0 Å². The van der Waals surface area contributed by atoms with E-state index < -0.39 is 83.9 Å². The number of esters is 1. The van der Waals surface area contributed by atoms with Gasteiger partial charge >= 0.3 is 5.97 Å². The van der Waals surface area contributed by atoms with E-state index in [1.165, 1.54) is 7.11 Å². The molecule has 1 aliphatic carbocycles. The lowest BCUT2D eigenvalue weighted by Gasteiger charge is -2.41. The number of aliphatic hydroxyl groups excluding tert-OH is 2. The molecule has 1 amide bonds. The van der Waals surface area contributed by atoms with Crippen LogP contribution in [-0.2, 0) is 47.7 Å². The number of ether oxygens (including phenoxy) is 5. The highest BCUT2D eigenvalue weighted by atomic mass is 19.2. The number of rotatable bonds is 6. The molecule has 4 rings (SSSR count). The number of aliphatic hydroxyl groups is 2. The van der Waals surface area contributed by atoms with E-state index in [1.807, 2.05) is 51.2 Å². The maximum Gasteiger partial charge on any atom is 0.329 e. The molecule has 3 heterocycles. The topological polar surface area (TPSA) is 175 Å². The molecule has 0 aromatic heterocycles. The molecule has 14 heteroatoms. The first kappa shape index (κ1) is 54.2. The summed E-state index contributed by atoms with van der Waals surface area (Å²) in [6, 6.07) is -1.20. The summed E-state index contributed by atoms with van der Waals surface area (Å²) in [5.74, 6) is -9.16. The standard InChI is InChI=1S/C51H78FNO12/c1-30-16-12-11-13-17-31(2)42(61-8)28-38-21-19-36(7)51(52,65-38)48(58)49(59)53-23-15-14-18-39(53)50(60)64-43(33(4)26-37-20-22-40(54)44(27-37)62-9)29-41(55)32(3)25-35(6)46(57)47(63-10)45(56)34(5)24-30/h11-13,16-17,25,30,32-34,36-40,42-44,46-47,54,57H,14-15,18-24,26-29H2,1-10H3/b13-11+,16-12+,31-17+,35-25+/t30-,32-,33-,34-,36-,37+,38+,39+,40-,42+,43+,44-,46-,47?,51-/m1/s1. The average Bonchev–Trinajstić information content (AvgIpc) is 3.28. The molecule has 0 aromatic rings. The lowest BCUT2D eigenvalue weighted by molar-refractivity contribution is -0.231. The first-order valence-electron chi connectivity index (χ1n) is 23.9. The molecule has 3 aliphatic heterocycles. The number of carbonyl (C=O) groups is 5. The number of carbonyl (C=O) groups excluding carboxylic acids is 5. The number of fused-ring (bicyclic) bond motifs is 3. The van der Waals surface area contributed by atoms with Crippen molar-refractivity contribution in [2.75, 3.05) is 27.9 Å². The average molecular weight is 916 g/mol. The quantitative estimate of drug-likeness (QED) is 0.157. The van der Waals surface area contributed by atoms with Crippen LogP contribution in [0.2, 0.25) is 0 Å². The van der Waals surface area contributed by atoms with E-state index in [0.29, 0.717) is 56.9 Å². The number of alkyl halides is 1. The fourth-order valence-corrected chi connectivity index (χ4v) is 10.1. The highest BCUT2D eigenvalue weighted by molar-refractivity contribution is 6.39. The molecule has 3 fully saturated rings. The van der Waals surface area contributed by atoms with Crippen molar-refractivity contribution >= 4 is 29.2 Å². The number of hydrogen-bond acceptors (Lipinski definition) is 12. The van der Waals surface area contributed by atoms with E-state index in [4.69, 9.17) is 23.7 Å². The van der Waals surface area contributed by atoms with E-state index in [0.717, 1.165) is 10.5 Å².